The molecule has 5 nitrogen and oxygen atoms in total. The average molecular weight is 387 g/mol. The van der Waals surface area contributed by atoms with Gasteiger partial charge in [0, 0.05) is 6.61 Å². The molecule has 1 heterocycles. The molecule has 1 rings (SSSR count). The van der Waals surface area contributed by atoms with Crippen LogP contribution in [-0.4, -0.2) is 59.6 Å². The van der Waals surface area contributed by atoms with Gasteiger partial charge in [0.2, 0.25) is 0 Å². The molecule has 0 spiro atoms. The Morgan fingerprint density at radius 1 is 0.889 bits per heavy atom. The maximum absolute atomic E-state index is 9.98. The molecule has 0 saturated carbocycles. The number of unbranched alkanes of at least 4 members (excludes halogenated alkanes) is 10. The highest BCUT2D eigenvalue weighted by Gasteiger charge is 2.39. The van der Waals surface area contributed by atoms with E-state index in [0.29, 0.717) is 6.61 Å². The van der Waals surface area contributed by atoms with Gasteiger partial charge in [-0.3, -0.25) is 0 Å². The summed E-state index contributed by atoms with van der Waals surface area (Å²) in [5.74, 6) is 0. The first-order chi connectivity index (χ1) is 13.2. The quantitative estimate of drug-likeness (QED) is 0.278. The molecule has 1 saturated heterocycles. The standard InChI is InChI=1S/C22H42O5/c1-2-3-4-5-6-7-8-9-10-11-12-13-14-15-16-26-22-20(17-23)27-18-19(24)21(22)25/h3-4,19-25H,2,5-18H2,1H3/b4-3+/t19-,20+,21+,22+/m1/s1. The van der Waals surface area contributed by atoms with Gasteiger partial charge >= 0.3 is 0 Å². The fraction of sp³-hybridized carbons (Fsp3) is 0.909. The second-order valence-corrected chi connectivity index (χ2v) is 7.65. The zero-order valence-corrected chi connectivity index (χ0v) is 17.2. The number of rotatable bonds is 16. The van der Waals surface area contributed by atoms with Crippen molar-refractivity contribution in [3.63, 3.8) is 0 Å². The normalized spacial score (nSPS) is 26.1. The van der Waals surface area contributed by atoms with E-state index in [9.17, 15) is 15.3 Å². The minimum atomic E-state index is -0.987. The maximum Gasteiger partial charge on any atom is 0.114 e. The van der Waals surface area contributed by atoms with Crippen LogP contribution in [0.15, 0.2) is 12.2 Å². The molecule has 1 fully saturated rings. The van der Waals surface area contributed by atoms with Crippen LogP contribution in [0.5, 0.6) is 0 Å². The third kappa shape index (κ3) is 11.2. The third-order valence-corrected chi connectivity index (χ3v) is 5.24. The van der Waals surface area contributed by atoms with Gasteiger partial charge in [-0.05, 0) is 25.7 Å². The van der Waals surface area contributed by atoms with Crippen molar-refractivity contribution in [2.45, 2.75) is 108 Å². The van der Waals surface area contributed by atoms with Crippen molar-refractivity contribution >= 4 is 0 Å². The SMILES string of the molecule is CC/C=C/CCCCCCCCCCCCO[C@@H]1[C@@H](O)[C@H](O)CO[C@H]1CO. The summed E-state index contributed by atoms with van der Waals surface area (Å²) >= 11 is 0. The Hall–Kier alpha value is -0.460. The van der Waals surface area contributed by atoms with E-state index in [4.69, 9.17) is 9.47 Å². The van der Waals surface area contributed by atoms with Crippen LogP contribution in [0.3, 0.4) is 0 Å². The second kappa shape index (κ2) is 16.5. The molecule has 0 aromatic carbocycles. The predicted octanol–water partition coefficient (Wildman–Crippen LogP) is 3.74. The summed E-state index contributed by atoms with van der Waals surface area (Å²) in [6.45, 7) is 2.55. The van der Waals surface area contributed by atoms with Crippen molar-refractivity contribution in [2.75, 3.05) is 19.8 Å². The Bertz CT molecular complexity index is 359. The van der Waals surface area contributed by atoms with Gasteiger partial charge in [-0.2, -0.15) is 0 Å². The number of hydrogen-bond acceptors (Lipinski definition) is 5. The van der Waals surface area contributed by atoms with Crippen molar-refractivity contribution in [1.82, 2.24) is 0 Å². The largest absolute Gasteiger partial charge is 0.394 e. The van der Waals surface area contributed by atoms with E-state index in [1.54, 1.807) is 0 Å². The van der Waals surface area contributed by atoms with E-state index < -0.39 is 24.4 Å². The molecule has 0 amide bonds. The molecule has 0 aromatic heterocycles. The van der Waals surface area contributed by atoms with E-state index in [2.05, 4.69) is 19.1 Å². The summed E-state index contributed by atoms with van der Waals surface area (Å²) in [4.78, 5) is 0. The van der Waals surface area contributed by atoms with Crippen LogP contribution in [0.1, 0.15) is 84.0 Å². The lowest BCUT2D eigenvalue weighted by atomic mass is 10.0. The van der Waals surface area contributed by atoms with E-state index in [0.717, 1.165) is 19.3 Å². The number of aliphatic hydroxyl groups is 3. The van der Waals surface area contributed by atoms with Gasteiger partial charge in [0.05, 0.1) is 13.2 Å². The third-order valence-electron chi connectivity index (χ3n) is 5.24. The molecule has 27 heavy (non-hydrogen) atoms. The summed E-state index contributed by atoms with van der Waals surface area (Å²) in [7, 11) is 0. The average Bonchev–Trinajstić information content (AvgIpc) is 2.68. The molecule has 0 unspecified atom stereocenters. The number of allylic oxidation sites excluding steroid dienone is 2. The van der Waals surface area contributed by atoms with Crippen LogP contribution in [-0.2, 0) is 9.47 Å². The lowest BCUT2D eigenvalue weighted by molar-refractivity contribution is -0.211. The van der Waals surface area contributed by atoms with Crippen LogP contribution < -0.4 is 0 Å². The summed E-state index contributed by atoms with van der Waals surface area (Å²) < 4.78 is 11.0. The van der Waals surface area contributed by atoms with Crippen LogP contribution in [0, 0.1) is 0 Å². The molecular weight excluding hydrogens is 344 g/mol. The topological polar surface area (TPSA) is 79.2 Å². The summed E-state index contributed by atoms with van der Waals surface area (Å²) in [5.41, 5.74) is 0. The Labute approximate surface area is 165 Å². The zero-order chi connectivity index (χ0) is 19.7. The maximum atomic E-state index is 9.98. The van der Waals surface area contributed by atoms with E-state index in [1.165, 1.54) is 57.8 Å². The molecular formula is C22H42O5. The summed E-state index contributed by atoms with van der Waals surface area (Å²) in [6, 6.07) is 0. The Kier molecular flexibility index (Phi) is 15.0. The second-order valence-electron chi connectivity index (χ2n) is 7.65. The van der Waals surface area contributed by atoms with Crippen LogP contribution in [0.2, 0.25) is 0 Å². The summed E-state index contributed by atoms with van der Waals surface area (Å²) in [6.07, 6.45) is 16.4. The van der Waals surface area contributed by atoms with Gasteiger partial charge in [0.25, 0.3) is 0 Å². The number of ether oxygens (including phenoxy) is 2. The van der Waals surface area contributed by atoms with E-state index in [1.807, 2.05) is 0 Å². The lowest BCUT2D eigenvalue weighted by Gasteiger charge is -2.37. The minimum Gasteiger partial charge on any atom is -0.394 e. The highest BCUT2D eigenvalue weighted by Crippen LogP contribution is 2.19. The van der Waals surface area contributed by atoms with Crippen molar-refractivity contribution in [2.24, 2.45) is 0 Å². The first-order valence-corrected chi connectivity index (χ1v) is 11.1. The van der Waals surface area contributed by atoms with Gasteiger partial charge in [0.1, 0.15) is 24.4 Å². The first-order valence-electron chi connectivity index (χ1n) is 11.1. The Balaban J connectivity index is 1.89. The molecule has 0 radical (unpaired) electrons. The van der Waals surface area contributed by atoms with Gasteiger partial charge < -0.3 is 24.8 Å². The first kappa shape index (κ1) is 24.6. The summed E-state index contributed by atoms with van der Waals surface area (Å²) in [5, 5.41) is 28.9. The zero-order valence-electron chi connectivity index (χ0n) is 17.2. The molecule has 160 valence electrons. The predicted molar refractivity (Wildman–Crippen MR) is 109 cm³/mol. The van der Waals surface area contributed by atoms with E-state index in [-0.39, 0.29) is 13.2 Å². The molecule has 4 atom stereocenters. The molecule has 1 aliphatic heterocycles. The van der Waals surface area contributed by atoms with Crippen molar-refractivity contribution in [1.29, 1.82) is 0 Å². The highest BCUT2D eigenvalue weighted by atomic mass is 16.6. The smallest absolute Gasteiger partial charge is 0.114 e. The molecule has 1 aliphatic rings. The van der Waals surface area contributed by atoms with Crippen LogP contribution in [0.4, 0.5) is 0 Å². The molecule has 0 aromatic rings. The molecule has 3 N–H and O–H groups in total. The van der Waals surface area contributed by atoms with E-state index >= 15 is 0 Å². The van der Waals surface area contributed by atoms with Crippen molar-refractivity contribution in [3.8, 4) is 0 Å². The Morgan fingerprint density at radius 2 is 1.48 bits per heavy atom. The number of hydrogen-bond donors (Lipinski definition) is 3. The lowest BCUT2D eigenvalue weighted by Crippen LogP contribution is -2.55. The van der Waals surface area contributed by atoms with Gasteiger partial charge in [-0.1, -0.05) is 70.4 Å². The fourth-order valence-electron chi connectivity index (χ4n) is 3.50. The Morgan fingerprint density at radius 3 is 2.07 bits per heavy atom. The van der Waals surface area contributed by atoms with Crippen LogP contribution >= 0.6 is 0 Å². The molecule has 5 heteroatoms. The van der Waals surface area contributed by atoms with Crippen molar-refractivity contribution < 1.29 is 24.8 Å². The highest BCUT2D eigenvalue weighted by molar-refractivity contribution is 4.87. The fourth-order valence-corrected chi connectivity index (χ4v) is 3.50. The van der Waals surface area contributed by atoms with Gasteiger partial charge in [-0.25, -0.2) is 0 Å². The molecule has 0 bridgehead atoms. The van der Waals surface area contributed by atoms with Crippen molar-refractivity contribution in [3.05, 3.63) is 12.2 Å². The monoisotopic (exact) mass is 386 g/mol. The van der Waals surface area contributed by atoms with Gasteiger partial charge in [-0.15, -0.1) is 0 Å². The number of aliphatic hydroxyl groups excluding tert-OH is 3. The molecule has 0 aliphatic carbocycles. The van der Waals surface area contributed by atoms with Gasteiger partial charge in [0.15, 0.2) is 0 Å². The van der Waals surface area contributed by atoms with Crippen LogP contribution in [0.25, 0.3) is 0 Å². The minimum absolute atomic E-state index is 0.0438.